The van der Waals surface area contributed by atoms with Crippen molar-refractivity contribution in [2.45, 2.75) is 32.6 Å². The molecule has 1 fully saturated rings. The molecule has 1 aliphatic heterocycles. The summed E-state index contributed by atoms with van der Waals surface area (Å²) in [6.45, 7) is 9.45. The molecule has 8 nitrogen and oxygen atoms in total. The third-order valence-corrected chi connectivity index (χ3v) is 6.03. The molecule has 0 atom stereocenters. The number of amides is 1. The van der Waals surface area contributed by atoms with Crippen LogP contribution in [0.15, 0.2) is 59.4 Å². The van der Waals surface area contributed by atoms with Gasteiger partial charge in [0.15, 0.2) is 0 Å². The number of hydrogen-bond donors (Lipinski definition) is 1. The molecule has 4 aromatic rings. The van der Waals surface area contributed by atoms with Crippen LogP contribution in [0.5, 0.6) is 0 Å². The molecule has 3 heterocycles. The lowest BCUT2D eigenvalue weighted by Crippen LogP contribution is -2.36. The Morgan fingerprint density at radius 2 is 1.76 bits per heavy atom. The van der Waals surface area contributed by atoms with Crippen LogP contribution in [0.2, 0.25) is 0 Å². The van der Waals surface area contributed by atoms with Gasteiger partial charge in [-0.15, -0.1) is 0 Å². The SMILES string of the molecule is CC(C)(C)c1cc(NC(=O)Cc2ccc(-n3cnc4cc(N5CCOCC5)ccc43)cc2)on1. The normalized spacial score (nSPS) is 14.5. The molecule has 0 unspecified atom stereocenters. The zero-order valence-electron chi connectivity index (χ0n) is 19.7. The average Bonchev–Trinajstić information content (AvgIpc) is 3.47. The lowest BCUT2D eigenvalue weighted by molar-refractivity contribution is -0.115. The summed E-state index contributed by atoms with van der Waals surface area (Å²) >= 11 is 0. The molecule has 2 aromatic carbocycles. The maximum absolute atomic E-state index is 12.5. The van der Waals surface area contributed by atoms with Crippen molar-refractivity contribution < 1.29 is 14.1 Å². The second-order valence-electron chi connectivity index (χ2n) is 9.60. The van der Waals surface area contributed by atoms with E-state index in [1.165, 1.54) is 5.69 Å². The van der Waals surface area contributed by atoms with Gasteiger partial charge in [-0.1, -0.05) is 38.1 Å². The van der Waals surface area contributed by atoms with E-state index in [1.54, 1.807) is 6.07 Å². The molecule has 0 radical (unpaired) electrons. The van der Waals surface area contributed by atoms with Gasteiger partial charge in [0, 0.05) is 35.9 Å². The van der Waals surface area contributed by atoms with E-state index in [9.17, 15) is 4.79 Å². The number of benzene rings is 2. The number of carbonyl (C=O) groups excluding carboxylic acids is 1. The van der Waals surface area contributed by atoms with Crippen LogP contribution >= 0.6 is 0 Å². The smallest absolute Gasteiger partial charge is 0.231 e. The number of imidazole rings is 1. The number of nitrogens with one attached hydrogen (secondary N) is 1. The highest BCUT2D eigenvalue weighted by Crippen LogP contribution is 2.25. The Kier molecular flexibility index (Phi) is 5.83. The quantitative estimate of drug-likeness (QED) is 0.478. The van der Waals surface area contributed by atoms with Gasteiger partial charge in [-0.3, -0.25) is 14.7 Å². The zero-order valence-corrected chi connectivity index (χ0v) is 19.7. The number of ether oxygens (including phenoxy) is 1. The molecule has 5 rings (SSSR count). The van der Waals surface area contributed by atoms with Crippen LogP contribution in [0.3, 0.4) is 0 Å². The number of aromatic nitrogens is 3. The van der Waals surface area contributed by atoms with E-state index in [2.05, 4.69) is 43.1 Å². The number of morpholine rings is 1. The molecule has 1 amide bonds. The Labute approximate surface area is 198 Å². The second-order valence-corrected chi connectivity index (χ2v) is 9.60. The van der Waals surface area contributed by atoms with Gasteiger partial charge < -0.3 is 14.2 Å². The van der Waals surface area contributed by atoms with E-state index >= 15 is 0 Å². The fourth-order valence-electron chi connectivity index (χ4n) is 4.05. The standard InChI is InChI=1S/C26H29N5O3/c1-26(2,3)23-16-25(34-29-23)28-24(32)14-18-4-6-19(7-5-18)31-17-27-21-15-20(8-9-22(21)31)30-10-12-33-13-11-30/h4-9,15-17H,10-14H2,1-3H3,(H,28,32). The van der Waals surface area contributed by atoms with E-state index in [0.29, 0.717) is 5.88 Å². The Morgan fingerprint density at radius 1 is 1.03 bits per heavy atom. The first-order valence-electron chi connectivity index (χ1n) is 11.5. The van der Waals surface area contributed by atoms with Crippen molar-refractivity contribution >= 4 is 28.5 Å². The van der Waals surface area contributed by atoms with Crippen LogP contribution in [0.1, 0.15) is 32.0 Å². The monoisotopic (exact) mass is 459 g/mol. The van der Waals surface area contributed by atoms with Crippen molar-refractivity contribution in [2.24, 2.45) is 0 Å². The maximum atomic E-state index is 12.5. The van der Waals surface area contributed by atoms with Crippen molar-refractivity contribution in [1.82, 2.24) is 14.7 Å². The molecule has 1 saturated heterocycles. The Balaban J connectivity index is 1.26. The maximum Gasteiger partial charge on any atom is 0.231 e. The molecule has 2 aromatic heterocycles. The number of anilines is 2. The number of fused-ring (bicyclic) bond motifs is 1. The van der Waals surface area contributed by atoms with Gasteiger partial charge in [-0.05, 0) is 35.9 Å². The molecule has 1 N–H and O–H groups in total. The molecule has 0 spiro atoms. The van der Waals surface area contributed by atoms with E-state index in [4.69, 9.17) is 9.26 Å². The minimum atomic E-state index is -0.145. The third-order valence-electron chi connectivity index (χ3n) is 6.03. The van der Waals surface area contributed by atoms with Gasteiger partial charge in [0.1, 0.15) is 6.33 Å². The highest BCUT2D eigenvalue weighted by atomic mass is 16.5. The van der Waals surface area contributed by atoms with Gasteiger partial charge in [0.2, 0.25) is 11.8 Å². The Bertz CT molecular complexity index is 1290. The van der Waals surface area contributed by atoms with Crippen LogP contribution in [0.25, 0.3) is 16.7 Å². The van der Waals surface area contributed by atoms with Crippen molar-refractivity contribution in [3.63, 3.8) is 0 Å². The Hall–Kier alpha value is -3.65. The summed E-state index contributed by atoms with van der Waals surface area (Å²) in [6, 6.07) is 16.1. The van der Waals surface area contributed by atoms with Crippen LogP contribution in [-0.4, -0.2) is 46.9 Å². The summed E-state index contributed by atoms with van der Waals surface area (Å²) in [5.41, 5.74) is 5.74. The van der Waals surface area contributed by atoms with Gasteiger partial charge >= 0.3 is 0 Å². The molecule has 8 heteroatoms. The summed E-state index contributed by atoms with van der Waals surface area (Å²) in [4.78, 5) is 19.4. The number of hydrogen-bond acceptors (Lipinski definition) is 6. The highest BCUT2D eigenvalue weighted by Gasteiger charge is 2.20. The first-order chi connectivity index (χ1) is 16.4. The van der Waals surface area contributed by atoms with Gasteiger partial charge in [-0.25, -0.2) is 4.98 Å². The lowest BCUT2D eigenvalue weighted by atomic mass is 9.92. The second kappa shape index (κ2) is 8.95. The summed E-state index contributed by atoms with van der Waals surface area (Å²) in [7, 11) is 0. The van der Waals surface area contributed by atoms with Crippen LogP contribution < -0.4 is 10.2 Å². The average molecular weight is 460 g/mol. The molecular formula is C26H29N5O3. The highest BCUT2D eigenvalue weighted by molar-refractivity contribution is 5.91. The molecule has 0 aliphatic carbocycles. The number of nitrogens with zero attached hydrogens (tertiary/aromatic N) is 4. The van der Waals surface area contributed by atoms with Crippen molar-refractivity contribution in [2.75, 3.05) is 36.5 Å². The molecule has 176 valence electrons. The summed E-state index contributed by atoms with van der Waals surface area (Å²) < 4.78 is 12.8. The number of carbonyl (C=O) groups is 1. The topological polar surface area (TPSA) is 85.4 Å². The van der Waals surface area contributed by atoms with Crippen LogP contribution in [0.4, 0.5) is 11.6 Å². The van der Waals surface area contributed by atoms with Crippen LogP contribution in [0, 0.1) is 0 Å². The first-order valence-corrected chi connectivity index (χ1v) is 11.5. The van der Waals surface area contributed by atoms with E-state index in [0.717, 1.165) is 54.3 Å². The van der Waals surface area contributed by atoms with Crippen molar-refractivity contribution in [3.05, 3.63) is 66.1 Å². The van der Waals surface area contributed by atoms with Crippen molar-refractivity contribution in [3.8, 4) is 5.69 Å². The van der Waals surface area contributed by atoms with E-state index in [-0.39, 0.29) is 17.7 Å². The lowest BCUT2D eigenvalue weighted by Gasteiger charge is -2.28. The summed E-state index contributed by atoms with van der Waals surface area (Å²) in [6.07, 6.45) is 2.09. The van der Waals surface area contributed by atoms with Crippen molar-refractivity contribution in [1.29, 1.82) is 0 Å². The minimum absolute atomic E-state index is 0.135. The fraction of sp³-hybridized carbons (Fsp3) is 0.346. The molecular weight excluding hydrogens is 430 g/mol. The van der Waals surface area contributed by atoms with E-state index < -0.39 is 0 Å². The Morgan fingerprint density at radius 3 is 2.47 bits per heavy atom. The third kappa shape index (κ3) is 4.68. The molecule has 34 heavy (non-hydrogen) atoms. The minimum Gasteiger partial charge on any atom is -0.378 e. The van der Waals surface area contributed by atoms with Gasteiger partial charge in [0.05, 0.1) is 36.4 Å². The zero-order chi connectivity index (χ0) is 23.7. The van der Waals surface area contributed by atoms with Crippen LogP contribution in [-0.2, 0) is 21.4 Å². The predicted molar refractivity (Wildman–Crippen MR) is 132 cm³/mol. The molecule has 0 bridgehead atoms. The number of rotatable bonds is 5. The fourth-order valence-corrected chi connectivity index (χ4v) is 4.05. The molecule has 0 saturated carbocycles. The summed E-state index contributed by atoms with van der Waals surface area (Å²) in [5, 5.41) is 6.82. The summed E-state index contributed by atoms with van der Waals surface area (Å²) in [5.74, 6) is 0.223. The predicted octanol–water partition coefficient (Wildman–Crippen LogP) is 4.33. The van der Waals surface area contributed by atoms with Gasteiger partial charge in [-0.2, -0.15) is 0 Å². The van der Waals surface area contributed by atoms with E-state index in [1.807, 2.05) is 51.4 Å². The van der Waals surface area contributed by atoms with Gasteiger partial charge in [0.25, 0.3) is 0 Å². The largest absolute Gasteiger partial charge is 0.378 e. The first kappa shape index (κ1) is 22.2. The molecule has 1 aliphatic rings.